The number of rotatable bonds is 5. The molecule has 94 valence electrons. The van der Waals surface area contributed by atoms with Crippen LogP contribution in [0.3, 0.4) is 0 Å². The van der Waals surface area contributed by atoms with Gasteiger partial charge in [-0.3, -0.25) is 0 Å². The van der Waals surface area contributed by atoms with Crippen molar-refractivity contribution in [1.29, 1.82) is 0 Å². The molecule has 2 rings (SSSR count). The fraction of sp³-hybridized carbons (Fsp3) is 0.250. The molecule has 0 N–H and O–H groups in total. The van der Waals surface area contributed by atoms with Gasteiger partial charge in [-0.15, -0.1) is 0 Å². The van der Waals surface area contributed by atoms with E-state index in [9.17, 15) is 0 Å². The first-order valence-corrected chi connectivity index (χ1v) is 6.03. The molecular formula is C16H18O2. The minimum atomic E-state index is -0.0357. The second-order valence-corrected chi connectivity index (χ2v) is 4.13. The van der Waals surface area contributed by atoms with Gasteiger partial charge < -0.3 is 9.47 Å². The van der Waals surface area contributed by atoms with Gasteiger partial charge in [-0.05, 0) is 16.7 Å². The van der Waals surface area contributed by atoms with Gasteiger partial charge >= 0.3 is 0 Å². The molecule has 1 atom stereocenters. The minimum Gasteiger partial charge on any atom is -0.382 e. The average Bonchev–Trinajstić information content (AvgIpc) is 2.46. The van der Waals surface area contributed by atoms with Crippen molar-refractivity contribution in [3.8, 4) is 11.1 Å². The van der Waals surface area contributed by atoms with Gasteiger partial charge in [-0.25, -0.2) is 0 Å². The molecule has 2 aromatic rings. The van der Waals surface area contributed by atoms with Gasteiger partial charge in [-0.1, -0.05) is 54.6 Å². The lowest BCUT2D eigenvalue weighted by Crippen LogP contribution is -2.09. The third-order valence-corrected chi connectivity index (χ3v) is 3.00. The Kier molecular flexibility index (Phi) is 4.51. The molecule has 0 radical (unpaired) electrons. The van der Waals surface area contributed by atoms with Gasteiger partial charge in [0.05, 0.1) is 6.61 Å². The Morgan fingerprint density at radius 3 is 2.22 bits per heavy atom. The van der Waals surface area contributed by atoms with Crippen LogP contribution >= 0.6 is 0 Å². The van der Waals surface area contributed by atoms with Crippen LogP contribution in [-0.4, -0.2) is 20.8 Å². The fourth-order valence-electron chi connectivity index (χ4n) is 2.09. The van der Waals surface area contributed by atoms with Crippen molar-refractivity contribution in [2.75, 3.05) is 20.8 Å². The van der Waals surface area contributed by atoms with E-state index in [1.54, 1.807) is 14.2 Å². The molecule has 2 heteroatoms. The summed E-state index contributed by atoms with van der Waals surface area (Å²) in [6, 6.07) is 18.6. The first kappa shape index (κ1) is 12.8. The second kappa shape index (κ2) is 6.34. The highest BCUT2D eigenvalue weighted by Crippen LogP contribution is 2.29. The third kappa shape index (κ3) is 2.78. The molecule has 0 bridgehead atoms. The van der Waals surface area contributed by atoms with Crippen LogP contribution in [0.1, 0.15) is 11.7 Å². The van der Waals surface area contributed by atoms with Gasteiger partial charge in [0, 0.05) is 14.2 Å². The van der Waals surface area contributed by atoms with Crippen LogP contribution < -0.4 is 0 Å². The van der Waals surface area contributed by atoms with E-state index in [1.165, 1.54) is 11.1 Å². The Labute approximate surface area is 108 Å². The van der Waals surface area contributed by atoms with E-state index >= 15 is 0 Å². The molecule has 0 aliphatic heterocycles. The highest BCUT2D eigenvalue weighted by atomic mass is 16.5. The number of ether oxygens (including phenoxy) is 2. The summed E-state index contributed by atoms with van der Waals surface area (Å²) < 4.78 is 10.7. The highest BCUT2D eigenvalue weighted by molar-refractivity contribution is 5.67. The molecule has 0 fully saturated rings. The maximum absolute atomic E-state index is 5.51. The lowest BCUT2D eigenvalue weighted by molar-refractivity contribution is 0.0278. The third-order valence-electron chi connectivity index (χ3n) is 3.00. The van der Waals surface area contributed by atoms with Crippen molar-refractivity contribution in [2.24, 2.45) is 0 Å². The van der Waals surface area contributed by atoms with Gasteiger partial charge in [-0.2, -0.15) is 0 Å². The van der Waals surface area contributed by atoms with Gasteiger partial charge in [0.25, 0.3) is 0 Å². The number of benzene rings is 2. The average molecular weight is 242 g/mol. The smallest absolute Gasteiger partial charge is 0.106 e. The molecule has 0 aliphatic carbocycles. The fourth-order valence-corrected chi connectivity index (χ4v) is 2.09. The Hall–Kier alpha value is -1.64. The van der Waals surface area contributed by atoms with Crippen LogP contribution in [0.4, 0.5) is 0 Å². The van der Waals surface area contributed by atoms with Crippen LogP contribution in [0.15, 0.2) is 54.6 Å². The summed E-state index contributed by atoms with van der Waals surface area (Å²) in [6.45, 7) is 0.556. The maximum Gasteiger partial charge on any atom is 0.106 e. The topological polar surface area (TPSA) is 18.5 Å². The van der Waals surface area contributed by atoms with E-state index in [4.69, 9.17) is 9.47 Å². The summed E-state index contributed by atoms with van der Waals surface area (Å²) in [7, 11) is 3.41. The molecule has 0 aliphatic rings. The van der Waals surface area contributed by atoms with Crippen molar-refractivity contribution < 1.29 is 9.47 Å². The number of hydrogen-bond donors (Lipinski definition) is 0. The Morgan fingerprint density at radius 1 is 0.889 bits per heavy atom. The second-order valence-electron chi connectivity index (χ2n) is 4.13. The van der Waals surface area contributed by atoms with Crippen LogP contribution in [-0.2, 0) is 9.47 Å². The maximum atomic E-state index is 5.51. The van der Waals surface area contributed by atoms with Crippen molar-refractivity contribution >= 4 is 0 Å². The van der Waals surface area contributed by atoms with Crippen molar-refractivity contribution in [3.05, 3.63) is 60.2 Å². The van der Waals surface area contributed by atoms with Crippen molar-refractivity contribution in [2.45, 2.75) is 6.10 Å². The predicted molar refractivity (Wildman–Crippen MR) is 73.5 cm³/mol. The molecule has 2 aromatic carbocycles. The molecule has 0 amide bonds. The van der Waals surface area contributed by atoms with Gasteiger partial charge in [0.2, 0.25) is 0 Å². The largest absolute Gasteiger partial charge is 0.382 e. The first-order valence-electron chi connectivity index (χ1n) is 6.03. The zero-order valence-electron chi connectivity index (χ0n) is 10.8. The Morgan fingerprint density at radius 2 is 1.56 bits per heavy atom. The van der Waals surface area contributed by atoms with E-state index in [0.717, 1.165) is 5.56 Å². The first-order chi connectivity index (χ1) is 8.86. The molecule has 2 nitrogen and oxygen atoms in total. The molecule has 0 heterocycles. The molecule has 1 unspecified atom stereocenters. The lowest BCUT2D eigenvalue weighted by atomic mass is 9.96. The quantitative estimate of drug-likeness (QED) is 0.796. The van der Waals surface area contributed by atoms with E-state index in [0.29, 0.717) is 6.61 Å². The molecule has 0 saturated heterocycles. The summed E-state index contributed by atoms with van der Waals surface area (Å²) >= 11 is 0. The number of hydrogen-bond acceptors (Lipinski definition) is 2. The van der Waals surface area contributed by atoms with Crippen LogP contribution in [0.2, 0.25) is 0 Å². The standard InChI is InChI=1S/C16H18O2/c1-17-12-16(18-2)15-11-7-6-10-14(15)13-8-4-3-5-9-13/h3-11,16H,12H2,1-2H3. The highest BCUT2D eigenvalue weighted by Gasteiger charge is 2.14. The molecule has 18 heavy (non-hydrogen) atoms. The van der Waals surface area contributed by atoms with Crippen LogP contribution in [0.25, 0.3) is 11.1 Å². The van der Waals surface area contributed by atoms with Crippen molar-refractivity contribution in [1.82, 2.24) is 0 Å². The summed E-state index contributed by atoms with van der Waals surface area (Å²) in [5.41, 5.74) is 3.56. The molecule has 0 saturated carbocycles. The van der Waals surface area contributed by atoms with Gasteiger partial charge in [0.15, 0.2) is 0 Å². The van der Waals surface area contributed by atoms with Crippen LogP contribution in [0.5, 0.6) is 0 Å². The molecular weight excluding hydrogens is 224 g/mol. The molecule has 0 aromatic heterocycles. The van der Waals surface area contributed by atoms with E-state index in [2.05, 4.69) is 24.3 Å². The summed E-state index contributed by atoms with van der Waals surface area (Å²) in [6.07, 6.45) is -0.0357. The van der Waals surface area contributed by atoms with E-state index in [-0.39, 0.29) is 6.10 Å². The predicted octanol–water partition coefficient (Wildman–Crippen LogP) is 3.69. The SMILES string of the molecule is COCC(OC)c1ccccc1-c1ccccc1. The Balaban J connectivity index is 2.42. The minimum absolute atomic E-state index is 0.0357. The van der Waals surface area contributed by atoms with E-state index < -0.39 is 0 Å². The zero-order valence-corrected chi connectivity index (χ0v) is 10.8. The van der Waals surface area contributed by atoms with Gasteiger partial charge in [0.1, 0.15) is 6.10 Å². The summed E-state index contributed by atoms with van der Waals surface area (Å²) in [4.78, 5) is 0. The normalized spacial score (nSPS) is 12.3. The van der Waals surface area contributed by atoms with E-state index in [1.807, 2.05) is 30.3 Å². The lowest BCUT2D eigenvalue weighted by Gasteiger charge is -2.18. The van der Waals surface area contributed by atoms with Crippen LogP contribution in [0, 0.1) is 0 Å². The summed E-state index contributed by atoms with van der Waals surface area (Å²) in [5.74, 6) is 0. The molecule has 0 spiro atoms. The monoisotopic (exact) mass is 242 g/mol. The number of methoxy groups -OCH3 is 2. The van der Waals surface area contributed by atoms with Crippen molar-refractivity contribution in [3.63, 3.8) is 0 Å². The summed E-state index contributed by atoms with van der Waals surface area (Å²) in [5, 5.41) is 0. The Bertz CT molecular complexity index is 479. The zero-order chi connectivity index (χ0) is 12.8.